The number of hydrogen-bond donors (Lipinski definition) is 2. The van der Waals surface area contributed by atoms with Crippen molar-refractivity contribution in [1.29, 1.82) is 0 Å². The van der Waals surface area contributed by atoms with E-state index in [9.17, 15) is 4.79 Å². The number of halogens is 1. The number of rotatable bonds is 7. The molecule has 5 rings (SSSR count). The molecule has 3 heterocycles. The summed E-state index contributed by atoms with van der Waals surface area (Å²) in [5.74, 6) is -0.261. The normalized spacial score (nSPS) is 20.3. The number of benzene rings is 1. The molecule has 0 bridgehead atoms. The van der Waals surface area contributed by atoms with E-state index < -0.39 is 0 Å². The minimum absolute atomic E-state index is 0.0375. The summed E-state index contributed by atoms with van der Waals surface area (Å²) in [6.45, 7) is -0.0375. The zero-order valence-corrected chi connectivity index (χ0v) is 21.1. The lowest BCUT2D eigenvalue weighted by Crippen LogP contribution is -2.30. The Balaban J connectivity index is 1.54. The highest BCUT2D eigenvalue weighted by molar-refractivity contribution is 7.80. The first-order valence-electron chi connectivity index (χ1n) is 11.8. The van der Waals surface area contributed by atoms with Crippen LogP contribution in [0, 0.1) is 0 Å². The molecule has 182 valence electrons. The molecular formula is C26H28ClN5O2S. The van der Waals surface area contributed by atoms with Gasteiger partial charge in [0.25, 0.3) is 0 Å². The Morgan fingerprint density at radius 3 is 2.77 bits per heavy atom. The minimum Gasteiger partial charge on any atom is -0.375 e. The van der Waals surface area contributed by atoms with E-state index in [0.717, 1.165) is 11.4 Å². The maximum absolute atomic E-state index is 12.0. The lowest BCUT2D eigenvalue weighted by Gasteiger charge is -2.30. The molecule has 1 saturated carbocycles. The van der Waals surface area contributed by atoms with Gasteiger partial charge < -0.3 is 24.8 Å². The summed E-state index contributed by atoms with van der Waals surface area (Å²) in [6.07, 6.45) is 8.86. The van der Waals surface area contributed by atoms with E-state index in [1.54, 1.807) is 6.07 Å². The Morgan fingerprint density at radius 1 is 1.23 bits per heavy atom. The number of nitrogens with one attached hydrogen (secondary N) is 2. The van der Waals surface area contributed by atoms with Gasteiger partial charge in [-0.15, -0.1) is 0 Å². The zero-order chi connectivity index (χ0) is 24.4. The van der Waals surface area contributed by atoms with Gasteiger partial charge in [0.2, 0.25) is 5.91 Å². The van der Waals surface area contributed by atoms with E-state index in [1.165, 1.54) is 38.5 Å². The predicted octanol–water partition coefficient (Wildman–Crippen LogP) is 5.41. The van der Waals surface area contributed by atoms with Crippen LogP contribution < -0.4 is 15.5 Å². The molecule has 2 N–H and O–H groups in total. The highest BCUT2D eigenvalue weighted by atomic mass is 35.5. The first kappa shape index (κ1) is 23.8. The molecule has 9 heteroatoms. The van der Waals surface area contributed by atoms with Crippen LogP contribution in [0.2, 0.25) is 5.02 Å². The third-order valence-electron chi connectivity index (χ3n) is 6.71. The summed E-state index contributed by atoms with van der Waals surface area (Å²) in [4.78, 5) is 18.7. The highest BCUT2D eigenvalue weighted by Gasteiger charge is 2.42. The quantitative estimate of drug-likeness (QED) is 0.415. The molecule has 2 aliphatic rings. The summed E-state index contributed by atoms with van der Waals surface area (Å²) < 4.78 is 7.31. The van der Waals surface area contributed by atoms with Gasteiger partial charge in [-0.1, -0.05) is 30.5 Å². The van der Waals surface area contributed by atoms with Crippen molar-refractivity contribution in [2.45, 2.75) is 43.8 Å². The van der Waals surface area contributed by atoms with Gasteiger partial charge in [0, 0.05) is 36.9 Å². The molecule has 0 unspecified atom stereocenters. The zero-order valence-electron chi connectivity index (χ0n) is 19.5. The second-order valence-electron chi connectivity index (χ2n) is 8.92. The Labute approximate surface area is 215 Å². The lowest BCUT2D eigenvalue weighted by atomic mass is 10.00. The predicted molar refractivity (Wildman–Crippen MR) is 142 cm³/mol. The molecule has 3 aromatic rings. The van der Waals surface area contributed by atoms with Crippen molar-refractivity contribution >= 4 is 46.2 Å². The SMILES string of the molecule is COCC(=O)Nc1ccc(N2C(=S)N[C@@H](c3ccccn3)[C@@H]2c2cccn2C2CCCC2)cc1Cl. The molecule has 2 aromatic heterocycles. The number of aromatic nitrogens is 2. The lowest BCUT2D eigenvalue weighted by molar-refractivity contribution is -0.119. The maximum Gasteiger partial charge on any atom is 0.250 e. The number of ether oxygens (including phenoxy) is 1. The molecule has 2 atom stereocenters. The van der Waals surface area contributed by atoms with Crippen LogP contribution >= 0.6 is 23.8 Å². The third kappa shape index (κ3) is 4.78. The van der Waals surface area contributed by atoms with Crippen LogP contribution in [0.1, 0.15) is 55.2 Å². The minimum atomic E-state index is -0.261. The van der Waals surface area contributed by atoms with Crippen molar-refractivity contribution in [2.24, 2.45) is 0 Å². The van der Waals surface area contributed by atoms with E-state index in [0.29, 0.717) is 21.9 Å². The fraction of sp³-hybridized carbons (Fsp3) is 0.346. The molecular weight excluding hydrogens is 482 g/mol. The number of anilines is 2. The van der Waals surface area contributed by atoms with E-state index in [1.807, 2.05) is 36.5 Å². The van der Waals surface area contributed by atoms with Crippen LogP contribution in [-0.2, 0) is 9.53 Å². The van der Waals surface area contributed by atoms with E-state index >= 15 is 0 Å². The topological polar surface area (TPSA) is 71.4 Å². The van der Waals surface area contributed by atoms with Gasteiger partial charge in [0.15, 0.2) is 5.11 Å². The molecule has 7 nitrogen and oxygen atoms in total. The number of pyridine rings is 1. The first-order valence-corrected chi connectivity index (χ1v) is 12.6. The molecule has 0 spiro atoms. The van der Waals surface area contributed by atoms with Gasteiger partial charge >= 0.3 is 0 Å². The van der Waals surface area contributed by atoms with Crippen LogP contribution in [0.15, 0.2) is 60.9 Å². The van der Waals surface area contributed by atoms with Crippen molar-refractivity contribution in [3.05, 3.63) is 77.3 Å². The second-order valence-corrected chi connectivity index (χ2v) is 9.71. The van der Waals surface area contributed by atoms with Gasteiger partial charge in [0.1, 0.15) is 12.6 Å². The molecule has 0 radical (unpaired) electrons. The van der Waals surface area contributed by atoms with Crippen molar-refractivity contribution in [3.8, 4) is 0 Å². The van der Waals surface area contributed by atoms with Gasteiger partial charge in [-0.3, -0.25) is 9.78 Å². The number of nitrogens with zero attached hydrogens (tertiary/aromatic N) is 3. The number of carbonyl (C=O) groups is 1. The highest BCUT2D eigenvalue weighted by Crippen LogP contribution is 2.44. The van der Waals surface area contributed by atoms with Crippen LogP contribution in [0.3, 0.4) is 0 Å². The Bertz CT molecular complexity index is 1210. The third-order valence-corrected chi connectivity index (χ3v) is 7.34. The van der Waals surface area contributed by atoms with Crippen molar-refractivity contribution in [1.82, 2.24) is 14.9 Å². The molecule has 1 saturated heterocycles. The summed E-state index contributed by atoms with van der Waals surface area (Å²) in [5.41, 5.74) is 3.49. The molecule has 1 amide bonds. The number of hydrogen-bond acceptors (Lipinski definition) is 4. The first-order chi connectivity index (χ1) is 17.1. The second kappa shape index (κ2) is 10.4. The van der Waals surface area contributed by atoms with Crippen LogP contribution in [0.25, 0.3) is 0 Å². The number of thiocarbonyl (C=S) groups is 1. The smallest absolute Gasteiger partial charge is 0.250 e. The number of methoxy groups -OCH3 is 1. The van der Waals surface area contributed by atoms with E-state index in [2.05, 4.69) is 43.4 Å². The van der Waals surface area contributed by atoms with Crippen molar-refractivity contribution in [3.63, 3.8) is 0 Å². The summed E-state index contributed by atoms with van der Waals surface area (Å²) in [5, 5.41) is 7.33. The fourth-order valence-corrected chi connectivity index (χ4v) is 5.75. The summed E-state index contributed by atoms with van der Waals surface area (Å²) in [6, 6.07) is 16.1. The molecule has 1 aromatic carbocycles. The van der Waals surface area contributed by atoms with Crippen LogP contribution in [-0.4, -0.2) is 34.3 Å². The molecule has 35 heavy (non-hydrogen) atoms. The van der Waals surface area contributed by atoms with E-state index in [4.69, 9.17) is 28.6 Å². The van der Waals surface area contributed by atoms with Crippen molar-refractivity contribution in [2.75, 3.05) is 23.9 Å². The standard InChI is InChI=1S/C26H28ClN5O2S/c1-34-16-23(33)29-20-12-11-18(15-19(20)27)32-25(22-10-6-14-31(22)17-7-2-3-8-17)24(30-26(32)35)21-9-4-5-13-28-21/h4-6,9-15,17,24-25H,2-3,7-8,16H2,1H3,(H,29,33)(H,30,35)/t24-,25-/m0/s1. The Hall–Kier alpha value is -2.94. The summed E-state index contributed by atoms with van der Waals surface area (Å²) in [7, 11) is 1.48. The molecule has 1 aliphatic carbocycles. The average Bonchev–Trinajstić information content (AvgIpc) is 3.60. The number of carbonyl (C=O) groups excluding carboxylic acids is 1. The van der Waals surface area contributed by atoms with Crippen LogP contribution in [0.5, 0.6) is 0 Å². The monoisotopic (exact) mass is 509 g/mol. The largest absolute Gasteiger partial charge is 0.375 e. The Morgan fingerprint density at radius 2 is 2.06 bits per heavy atom. The van der Waals surface area contributed by atoms with Gasteiger partial charge in [-0.05, 0) is 67.5 Å². The fourth-order valence-electron chi connectivity index (χ4n) is 5.18. The van der Waals surface area contributed by atoms with Gasteiger partial charge in [0.05, 0.1) is 22.4 Å². The maximum atomic E-state index is 12.0. The van der Waals surface area contributed by atoms with Gasteiger partial charge in [-0.25, -0.2) is 0 Å². The Kier molecular flexibility index (Phi) is 7.04. The molecule has 2 fully saturated rings. The molecule has 1 aliphatic heterocycles. The average molecular weight is 510 g/mol. The van der Waals surface area contributed by atoms with Crippen molar-refractivity contribution < 1.29 is 9.53 Å². The van der Waals surface area contributed by atoms with Crippen LogP contribution in [0.4, 0.5) is 11.4 Å². The summed E-state index contributed by atoms with van der Waals surface area (Å²) >= 11 is 12.5. The van der Waals surface area contributed by atoms with Gasteiger partial charge in [-0.2, -0.15) is 0 Å². The number of amides is 1. The van der Waals surface area contributed by atoms with E-state index in [-0.39, 0.29) is 24.6 Å².